The van der Waals surface area contributed by atoms with E-state index in [1.54, 1.807) is 6.07 Å². The summed E-state index contributed by atoms with van der Waals surface area (Å²) >= 11 is 5.48. The Morgan fingerprint density at radius 3 is 2.03 bits per heavy atom. The van der Waals surface area contributed by atoms with Gasteiger partial charge in [0.2, 0.25) is 0 Å². The standard InChI is InChI=1S/C28H25N3O2S/c1-20(21-10-4-2-5-11-21)29-27(32)25-14-8-9-15-26(25)31-28(34)30-22-16-18-24(19-17-22)33-23-12-6-3-7-13-23/h2-20H,1H3,(H,29,32)(H2,30,31,34). The molecule has 170 valence electrons. The molecule has 0 fully saturated rings. The number of anilines is 2. The first-order valence-corrected chi connectivity index (χ1v) is 11.3. The predicted octanol–water partition coefficient (Wildman–Crippen LogP) is 6.78. The van der Waals surface area contributed by atoms with Gasteiger partial charge in [-0.3, -0.25) is 4.79 Å². The van der Waals surface area contributed by atoms with E-state index in [-0.39, 0.29) is 11.9 Å². The van der Waals surface area contributed by atoms with Gasteiger partial charge in [-0.05, 0) is 73.2 Å². The Kier molecular flexibility index (Phi) is 7.53. The topological polar surface area (TPSA) is 62.4 Å². The largest absolute Gasteiger partial charge is 0.457 e. The van der Waals surface area contributed by atoms with Crippen molar-refractivity contribution in [3.63, 3.8) is 0 Å². The number of ether oxygens (including phenoxy) is 1. The third-order valence-corrected chi connectivity index (χ3v) is 5.36. The Hall–Kier alpha value is -4.16. The Morgan fingerprint density at radius 2 is 1.32 bits per heavy atom. The van der Waals surface area contributed by atoms with Gasteiger partial charge in [0, 0.05) is 5.69 Å². The average Bonchev–Trinajstić information content (AvgIpc) is 2.86. The van der Waals surface area contributed by atoms with Gasteiger partial charge in [-0.2, -0.15) is 0 Å². The Morgan fingerprint density at radius 1 is 0.735 bits per heavy atom. The third-order valence-electron chi connectivity index (χ3n) is 5.16. The zero-order valence-electron chi connectivity index (χ0n) is 18.7. The number of hydrogen-bond donors (Lipinski definition) is 3. The zero-order chi connectivity index (χ0) is 23.8. The minimum atomic E-state index is -0.176. The van der Waals surface area contributed by atoms with Gasteiger partial charge in [0.05, 0.1) is 17.3 Å². The van der Waals surface area contributed by atoms with Crippen LogP contribution in [0.2, 0.25) is 0 Å². The fraction of sp³-hybridized carbons (Fsp3) is 0.0714. The molecule has 0 heterocycles. The number of carbonyl (C=O) groups excluding carboxylic acids is 1. The molecular formula is C28H25N3O2S. The zero-order valence-corrected chi connectivity index (χ0v) is 19.5. The van der Waals surface area contributed by atoms with Gasteiger partial charge in [-0.25, -0.2) is 0 Å². The summed E-state index contributed by atoms with van der Waals surface area (Å²) in [6, 6.07) is 34.1. The minimum absolute atomic E-state index is 0.122. The number of nitrogens with one attached hydrogen (secondary N) is 3. The predicted molar refractivity (Wildman–Crippen MR) is 142 cm³/mol. The van der Waals surface area contributed by atoms with Crippen molar-refractivity contribution >= 4 is 34.6 Å². The van der Waals surface area contributed by atoms with Gasteiger partial charge in [-0.1, -0.05) is 60.7 Å². The Labute approximate surface area is 204 Å². The number of thiocarbonyl (C=S) groups is 1. The van der Waals surface area contributed by atoms with Gasteiger partial charge < -0.3 is 20.7 Å². The van der Waals surface area contributed by atoms with Crippen molar-refractivity contribution in [3.05, 3.63) is 120 Å². The molecule has 4 rings (SSSR count). The first-order chi connectivity index (χ1) is 16.6. The molecule has 3 N–H and O–H groups in total. The second-order valence-electron chi connectivity index (χ2n) is 7.67. The van der Waals surface area contributed by atoms with Crippen LogP contribution in [0.4, 0.5) is 11.4 Å². The second-order valence-corrected chi connectivity index (χ2v) is 8.08. The summed E-state index contributed by atoms with van der Waals surface area (Å²) in [4.78, 5) is 12.9. The van der Waals surface area contributed by atoms with Crippen LogP contribution in [0.15, 0.2) is 109 Å². The van der Waals surface area contributed by atoms with E-state index in [1.165, 1.54) is 0 Å². The number of benzene rings is 4. The molecule has 0 bridgehead atoms. The molecule has 0 spiro atoms. The van der Waals surface area contributed by atoms with E-state index < -0.39 is 0 Å². The molecule has 5 nitrogen and oxygen atoms in total. The van der Waals surface area contributed by atoms with Crippen LogP contribution in [0.3, 0.4) is 0 Å². The SMILES string of the molecule is CC(NC(=O)c1ccccc1NC(=S)Nc1ccc(Oc2ccccc2)cc1)c1ccccc1. The molecule has 0 aromatic heterocycles. The van der Waals surface area contributed by atoms with Crippen LogP contribution in [0.25, 0.3) is 0 Å². The summed E-state index contributed by atoms with van der Waals surface area (Å²) in [6.07, 6.45) is 0. The van der Waals surface area contributed by atoms with Crippen molar-refractivity contribution < 1.29 is 9.53 Å². The summed E-state index contributed by atoms with van der Waals surface area (Å²) in [6.45, 7) is 1.96. The third kappa shape index (κ3) is 6.21. The smallest absolute Gasteiger partial charge is 0.253 e. The molecule has 1 atom stereocenters. The maximum atomic E-state index is 12.9. The monoisotopic (exact) mass is 467 g/mol. The lowest BCUT2D eigenvalue weighted by molar-refractivity contribution is 0.0940. The summed E-state index contributed by atoms with van der Waals surface area (Å²) in [5.41, 5.74) is 2.98. The first kappa shape index (κ1) is 23.0. The molecule has 0 aliphatic rings. The molecule has 0 radical (unpaired) electrons. The van der Waals surface area contributed by atoms with E-state index >= 15 is 0 Å². The summed E-state index contributed by atoms with van der Waals surface area (Å²) in [7, 11) is 0. The van der Waals surface area contributed by atoms with E-state index in [9.17, 15) is 4.79 Å². The van der Waals surface area contributed by atoms with E-state index in [1.807, 2.05) is 110 Å². The van der Waals surface area contributed by atoms with Crippen molar-refractivity contribution in [1.29, 1.82) is 0 Å². The first-order valence-electron chi connectivity index (χ1n) is 10.9. The van der Waals surface area contributed by atoms with Gasteiger partial charge in [0.1, 0.15) is 11.5 Å². The second kappa shape index (κ2) is 11.1. The fourth-order valence-electron chi connectivity index (χ4n) is 3.41. The van der Waals surface area contributed by atoms with E-state index in [0.29, 0.717) is 16.4 Å². The van der Waals surface area contributed by atoms with E-state index in [2.05, 4.69) is 16.0 Å². The van der Waals surface area contributed by atoms with Crippen LogP contribution in [0.1, 0.15) is 28.9 Å². The van der Waals surface area contributed by atoms with Crippen LogP contribution in [-0.2, 0) is 0 Å². The number of para-hydroxylation sites is 2. The van der Waals surface area contributed by atoms with Crippen LogP contribution in [0.5, 0.6) is 11.5 Å². The highest BCUT2D eigenvalue weighted by Gasteiger charge is 2.15. The molecule has 0 aliphatic carbocycles. The van der Waals surface area contributed by atoms with Crippen LogP contribution < -0.4 is 20.7 Å². The van der Waals surface area contributed by atoms with Crippen molar-refractivity contribution in [1.82, 2.24) is 5.32 Å². The molecule has 4 aromatic rings. The number of carbonyl (C=O) groups is 1. The van der Waals surface area contributed by atoms with Crippen LogP contribution in [-0.4, -0.2) is 11.0 Å². The van der Waals surface area contributed by atoms with Gasteiger partial charge >= 0.3 is 0 Å². The highest BCUT2D eigenvalue weighted by molar-refractivity contribution is 7.80. The Bertz CT molecular complexity index is 1250. The van der Waals surface area contributed by atoms with Crippen molar-refractivity contribution in [2.24, 2.45) is 0 Å². The number of rotatable bonds is 7. The quantitative estimate of drug-likeness (QED) is 0.262. The van der Waals surface area contributed by atoms with Gasteiger partial charge in [-0.15, -0.1) is 0 Å². The summed E-state index contributed by atoms with van der Waals surface area (Å²) in [5, 5.41) is 9.71. The normalized spacial score (nSPS) is 11.2. The lowest BCUT2D eigenvalue weighted by Crippen LogP contribution is -2.28. The molecule has 0 saturated carbocycles. The van der Waals surface area contributed by atoms with Gasteiger partial charge in [0.25, 0.3) is 5.91 Å². The lowest BCUT2D eigenvalue weighted by atomic mass is 10.1. The highest BCUT2D eigenvalue weighted by Crippen LogP contribution is 2.23. The van der Waals surface area contributed by atoms with Crippen LogP contribution >= 0.6 is 12.2 Å². The average molecular weight is 468 g/mol. The molecular weight excluding hydrogens is 442 g/mol. The van der Waals surface area contributed by atoms with Crippen molar-refractivity contribution in [2.45, 2.75) is 13.0 Å². The molecule has 1 unspecified atom stereocenters. The molecule has 6 heteroatoms. The molecule has 0 aliphatic heterocycles. The lowest BCUT2D eigenvalue weighted by Gasteiger charge is -2.17. The van der Waals surface area contributed by atoms with E-state index in [4.69, 9.17) is 17.0 Å². The molecule has 0 saturated heterocycles. The molecule has 1 amide bonds. The summed E-state index contributed by atoms with van der Waals surface area (Å²) in [5.74, 6) is 1.33. The Balaban J connectivity index is 1.37. The fourth-order valence-corrected chi connectivity index (χ4v) is 3.63. The molecule has 34 heavy (non-hydrogen) atoms. The van der Waals surface area contributed by atoms with E-state index in [0.717, 1.165) is 22.7 Å². The van der Waals surface area contributed by atoms with Crippen molar-refractivity contribution in [3.8, 4) is 11.5 Å². The minimum Gasteiger partial charge on any atom is -0.457 e. The maximum Gasteiger partial charge on any atom is 0.253 e. The number of hydrogen-bond acceptors (Lipinski definition) is 3. The molecule has 4 aromatic carbocycles. The van der Waals surface area contributed by atoms with Crippen molar-refractivity contribution in [2.75, 3.05) is 10.6 Å². The van der Waals surface area contributed by atoms with Gasteiger partial charge in [0.15, 0.2) is 5.11 Å². The van der Waals surface area contributed by atoms with Crippen LogP contribution in [0, 0.1) is 0 Å². The maximum absolute atomic E-state index is 12.9. The number of amides is 1. The highest BCUT2D eigenvalue weighted by atomic mass is 32.1. The summed E-state index contributed by atoms with van der Waals surface area (Å²) < 4.78 is 5.82.